The molecule has 1 fully saturated rings. The zero-order valence-electron chi connectivity index (χ0n) is 16.6. The summed E-state index contributed by atoms with van der Waals surface area (Å²) in [7, 11) is 0. The number of nitrogens with zero attached hydrogens (tertiary/aromatic N) is 3. The maximum atomic E-state index is 12.4. The van der Waals surface area contributed by atoms with Gasteiger partial charge < -0.3 is 14.2 Å². The van der Waals surface area contributed by atoms with Gasteiger partial charge in [0.15, 0.2) is 0 Å². The Morgan fingerprint density at radius 3 is 2.69 bits per heavy atom. The van der Waals surface area contributed by atoms with Crippen molar-refractivity contribution in [3.63, 3.8) is 0 Å². The van der Waals surface area contributed by atoms with Crippen LogP contribution in [-0.4, -0.2) is 27.6 Å². The average molecular weight is 391 g/mol. The summed E-state index contributed by atoms with van der Waals surface area (Å²) in [5, 5.41) is 4.14. The fourth-order valence-corrected chi connectivity index (χ4v) is 3.49. The van der Waals surface area contributed by atoms with Crippen LogP contribution in [0.3, 0.4) is 0 Å². The number of likely N-dealkylation sites (tertiary alicyclic amines) is 1. The summed E-state index contributed by atoms with van der Waals surface area (Å²) in [5.74, 6) is 1.97. The molecule has 2 heterocycles. The van der Waals surface area contributed by atoms with Gasteiger partial charge in [-0.2, -0.15) is 4.98 Å². The van der Waals surface area contributed by atoms with Gasteiger partial charge in [-0.25, -0.2) is 0 Å². The van der Waals surface area contributed by atoms with Crippen LogP contribution in [0.4, 0.5) is 0 Å². The molecule has 0 N–H and O–H groups in total. The van der Waals surface area contributed by atoms with Crippen LogP contribution in [0.25, 0.3) is 11.4 Å². The van der Waals surface area contributed by atoms with Gasteiger partial charge in [-0.15, -0.1) is 0 Å². The minimum Gasteiger partial charge on any atom is -0.494 e. The lowest BCUT2D eigenvalue weighted by Gasteiger charge is -2.22. The van der Waals surface area contributed by atoms with Crippen molar-refractivity contribution in [2.75, 3.05) is 6.61 Å². The van der Waals surface area contributed by atoms with Crippen LogP contribution in [0.5, 0.6) is 5.75 Å². The van der Waals surface area contributed by atoms with E-state index in [0.29, 0.717) is 31.1 Å². The first kappa shape index (κ1) is 19.2. The molecule has 0 aliphatic carbocycles. The standard InChI is InChI=1S/C23H25N3O3/c1-2-3-15-28-19-11-9-18(10-12-19)22-24-23(29-25-22)20-13-14-21(27)26(20)16-17-7-5-4-6-8-17/h4-12,20H,2-3,13-16H2,1H3. The number of hydrogen-bond acceptors (Lipinski definition) is 5. The Morgan fingerprint density at radius 1 is 1.14 bits per heavy atom. The molecule has 4 rings (SSSR count). The van der Waals surface area contributed by atoms with Gasteiger partial charge in [0, 0.05) is 18.5 Å². The zero-order chi connectivity index (χ0) is 20.1. The Morgan fingerprint density at radius 2 is 1.93 bits per heavy atom. The van der Waals surface area contributed by atoms with E-state index < -0.39 is 0 Å². The molecular formula is C23H25N3O3. The maximum absolute atomic E-state index is 12.4. The number of rotatable bonds is 8. The highest BCUT2D eigenvalue weighted by molar-refractivity contribution is 5.78. The van der Waals surface area contributed by atoms with Crippen LogP contribution < -0.4 is 4.74 Å². The number of benzene rings is 2. The molecule has 0 spiro atoms. The number of amides is 1. The predicted molar refractivity (Wildman–Crippen MR) is 109 cm³/mol. The molecular weight excluding hydrogens is 366 g/mol. The Hall–Kier alpha value is -3.15. The third-order valence-corrected chi connectivity index (χ3v) is 5.13. The molecule has 3 aromatic rings. The number of unbranched alkanes of at least 4 members (excludes halogenated alkanes) is 1. The Bertz CT molecular complexity index is 938. The van der Waals surface area contributed by atoms with E-state index in [1.54, 1.807) is 0 Å². The van der Waals surface area contributed by atoms with Crippen molar-refractivity contribution in [1.29, 1.82) is 0 Å². The van der Waals surface area contributed by atoms with E-state index in [1.807, 2.05) is 59.5 Å². The number of carbonyl (C=O) groups is 1. The monoisotopic (exact) mass is 391 g/mol. The molecule has 1 saturated heterocycles. The lowest BCUT2D eigenvalue weighted by Crippen LogP contribution is -2.27. The largest absolute Gasteiger partial charge is 0.494 e. The first-order valence-corrected chi connectivity index (χ1v) is 10.1. The van der Waals surface area contributed by atoms with Gasteiger partial charge in [0.2, 0.25) is 17.6 Å². The van der Waals surface area contributed by atoms with Crippen molar-refractivity contribution in [3.8, 4) is 17.1 Å². The minimum absolute atomic E-state index is 0.118. The lowest BCUT2D eigenvalue weighted by atomic mass is 10.1. The van der Waals surface area contributed by atoms with Crippen LogP contribution in [-0.2, 0) is 11.3 Å². The molecule has 6 heteroatoms. The zero-order valence-corrected chi connectivity index (χ0v) is 16.6. The minimum atomic E-state index is -0.180. The molecule has 1 aromatic heterocycles. The molecule has 0 bridgehead atoms. The van der Waals surface area contributed by atoms with Crippen LogP contribution >= 0.6 is 0 Å². The van der Waals surface area contributed by atoms with E-state index >= 15 is 0 Å². The van der Waals surface area contributed by atoms with Crippen molar-refractivity contribution < 1.29 is 14.1 Å². The summed E-state index contributed by atoms with van der Waals surface area (Å²) in [6, 6.07) is 17.5. The quantitative estimate of drug-likeness (QED) is 0.517. The summed E-state index contributed by atoms with van der Waals surface area (Å²) in [4.78, 5) is 18.8. The molecule has 29 heavy (non-hydrogen) atoms. The molecule has 6 nitrogen and oxygen atoms in total. The van der Waals surface area contributed by atoms with Gasteiger partial charge >= 0.3 is 0 Å². The number of ether oxygens (including phenoxy) is 1. The van der Waals surface area contributed by atoms with Crippen LogP contribution in [0.1, 0.15) is 50.1 Å². The molecule has 0 saturated carbocycles. The highest BCUT2D eigenvalue weighted by atomic mass is 16.5. The second-order valence-electron chi connectivity index (χ2n) is 7.24. The Kier molecular flexibility index (Phi) is 5.89. The van der Waals surface area contributed by atoms with E-state index in [-0.39, 0.29) is 11.9 Å². The molecule has 1 aliphatic heterocycles. The second-order valence-corrected chi connectivity index (χ2v) is 7.24. The van der Waals surface area contributed by atoms with Crippen molar-refractivity contribution in [3.05, 3.63) is 66.1 Å². The summed E-state index contributed by atoms with van der Waals surface area (Å²) in [5.41, 5.74) is 1.95. The first-order chi connectivity index (χ1) is 14.2. The lowest BCUT2D eigenvalue weighted by molar-refractivity contribution is -0.129. The molecule has 1 amide bonds. The van der Waals surface area contributed by atoms with Crippen molar-refractivity contribution in [2.45, 2.75) is 45.2 Å². The van der Waals surface area contributed by atoms with E-state index in [1.165, 1.54) is 0 Å². The van der Waals surface area contributed by atoms with E-state index in [4.69, 9.17) is 9.26 Å². The highest BCUT2D eigenvalue weighted by Crippen LogP contribution is 2.34. The third-order valence-electron chi connectivity index (χ3n) is 5.13. The van der Waals surface area contributed by atoms with E-state index in [9.17, 15) is 4.79 Å². The van der Waals surface area contributed by atoms with Gasteiger partial charge in [0.1, 0.15) is 11.8 Å². The molecule has 150 valence electrons. The number of carbonyl (C=O) groups excluding carboxylic acids is 1. The smallest absolute Gasteiger partial charge is 0.249 e. The van der Waals surface area contributed by atoms with Crippen LogP contribution in [0, 0.1) is 0 Å². The summed E-state index contributed by atoms with van der Waals surface area (Å²) in [6.07, 6.45) is 3.33. The van der Waals surface area contributed by atoms with E-state index in [0.717, 1.165) is 36.3 Å². The number of hydrogen-bond donors (Lipinski definition) is 0. The normalized spacial score (nSPS) is 16.4. The fourth-order valence-electron chi connectivity index (χ4n) is 3.49. The second kappa shape index (κ2) is 8.90. The van der Waals surface area contributed by atoms with Crippen LogP contribution in [0.15, 0.2) is 59.1 Å². The fraction of sp³-hybridized carbons (Fsp3) is 0.348. The SMILES string of the molecule is CCCCOc1ccc(-c2noc(C3CCC(=O)N3Cc3ccccc3)n2)cc1. The van der Waals surface area contributed by atoms with Gasteiger partial charge in [-0.1, -0.05) is 48.8 Å². The molecule has 2 aromatic carbocycles. The maximum Gasteiger partial charge on any atom is 0.249 e. The highest BCUT2D eigenvalue weighted by Gasteiger charge is 2.35. The number of aromatic nitrogens is 2. The summed E-state index contributed by atoms with van der Waals surface area (Å²) in [6.45, 7) is 3.40. The average Bonchev–Trinajstić information content (AvgIpc) is 3.37. The summed E-state index contributed by atoms with van der Waals surface area (Å²) >= 11 is 0. The van der Waals surface area contributed by atoms with Gasteiger partial charge in [-0.05, 0) is 42.7 Å². The molecule has 1 atom stereocenters. The summed E-state index contributed by atoms with van der Waals surface area (Å²) < 4.78 is 11.2. The third kappa shape index (κ3) is 4.47. The van der Waals surface area contributed by atoms with Gasteiger partial charge in [-0.3, -0.25) is 4.79 Å². The van der Waals surface area contributed by atoms with Crippen molar-refractivity contribution in [1.82, 2.24) is 15.0 Å². The topological polar surface area (TPSA) is 68.5 Å². The van der Waals surface area contributed by atoms with Crippen LogP contribution in [0.2, 0.25) is 0 Å². The van der Waals surface area contributed by atoms with Crippen molar-refractivity contribution >= 4 is 5.91 Å². The Labute approximate surface area is 170 Å². The molecule has 0 radical (unpaired) electrons. The van der Waals surface area contributed by atoms with Gasteiger partial charge in [0.05, 0.1) is 6.61 Å². The predicted octanol–water partition coefficient (Wildman–Crippen LogP) is 4.78. The van der Waals surface area contributed by atoms with E-state index in [2.05, 4.69) is 17.1 Å². The first-order valence-electron chi connectivity index (χ1n) is 10.1. The molecule has 1 aliphatic rings. The van der Waals surface area contributed by atoms with Crippen molar-refractivity contribution in [2.24, 2.45) is 0 Å². The van der Waals surface area contributed by atoms with Gasteiger partial charge in [0.25, 0.3) is 0 Å². The Balaban J connectivity index is 1.47. The molecule has 1 unspecified atom stereocenters.